The highest BCUT2D eigenvalue weighted by atomic mass is 19.1. The summed E-state index contributed by atoms with van der Waals surface area (Å²) in [6, 6.07) is 0.610. The largest absolute Gasteiger partial charge is 0.300 e. The van der Waals surface area contributed by atoms with Gasteiger partial charge < -0.3 is 4.90 Å². The van der Waals surface area contributed by atoms with Crippen molar-refractivity contribution in [2.24, 2.45) is 11.8 Å². The maximum atomic E-state index is 13.7. The Balaban J connectivity index is 1.73. The van der Waals surface area contributed by atoms with Gasteiger partial charge in [-0.2, -0.15) is 5.10 Å². The number of hydrogen-bond acceptors (Lipinski definition) is 2. The van der Waals surface area contributed by atoms with Gasteiger partial charge in [0.25, 0.3) is 0 Å². The maximum Gasteiger partial charge on any atom is 0.167 e. The fourth-order valence-corrected chi connectivity index (χ4v) is 3.04. The van der Waals surface area contributed by atoms with Crippen LogP contribution in [0.4, 0.5) is 4.39 Å². The van der Waals surface area contributed by atoms with E-state index >= 15 is 0 Å². The lowest BCUT2D eigenvalue weighted by atomic mass is 10.1. The van der Waals surface area contributed by atoms with Gasteiger partial charge in [0.1, 0.15) is 5.69 Å². The fraction of sp³-hybridized carbons (Fsp3) is 0.750. The summed E-state index contributed by atoms with van der Waals surface area (Å²) in [5.74, 6) is 1.54. The molecule has 4 heteroatoms. The van der Waals surface area contributed by atoms with Crippen molar-refractivity contribution in [2.75, 3.05) is 13.1 Å². The molecule has 2 heterocycles. The summed E-state index contributed by atoms with van der Waals surface area (Å²) in [5, 5.41) is 6.85. The third kappa shape index (κ3) is 1.32. The van der Waals surface area contributed by atoms with E-state index < -0.39 is 0 Å². The highest BCUT2D eigenvalue weighted by Gasteiger charge is 2.58. The number of halogens is 1. The predicted octanol–water partition coefficient (Wildman–Crippen LogP) is 1.91. The minimum atomic E-state index is -0.115. The molecule has 1 saturated carbocycles. The number of nitrogens with one attached hydrogen (secondary N) is 1. The first-order valence-corrected chi connectivity index (χ1v) is 6.04. The molecule has 0 spiro atoms. The number of hydrogen-bond donors (Lipinski definition) is 1. The molecule has 88 valence electrons. The van der Waals surface area contributed by atoms with E-state index in [-0.39, 0.29) is 5.82 Å². The average molecular weight is 223 g/mol. The molecule has 1 aromatic heterocycles. The van der Waals surface area contributed by atoms with Crippen LogP contribution in [0, 0.1) is 24.6 Å². The van der Waals surface area contributed by atoms with Crippen molar-refractivity contribution in [3.8, 4) is 0 Å². The van der Waals surface area contributed by atoms with Crippen LogP contribution in [0.25, 0.3) is 0 Å². The number of rotatable bonds is 2. The van der Waals surface area contributed by atoms with E-state index in [9.17, 15) is 4.39 Å². The first-order valence-electron chi connectivity index (χ1n) is 6.04. The van der Waals surface area contributed by atoms with Crippen LogP contribution < -0.4 is 0 Å². The molecule has 3 nitrogen and oxygen atoms in total. The highest BCUT2D eigenvalue weighted by Crippen LogP contribution is 2.58. The van der Waals surface area contributed by atoms with Crippen LogP contribution >= 0.6 is 0 Å². The Hall–Kier alpha value is -0.900. The van der Waals surface area contributed by atoms with Gasteiger partial charge >= 0.3 is 0 Å². The minimum absolute atomic E-state index is 0.115. The first-order chi connectivity index (χ1) is 7.59. The van der Waals surface area contributed by atoms with Crippen molar-refractivity contribution in [2.45, 2.75) is 32.7 Å². The SMILES string of the molecule is Cc1[nH]nc(C2C3CN(C(C)C)CC32)c1F. The van der Waals surface area contributed by atoms with Gasteiger partial charge in [0.2, 0.25) is 0 Å². The Kier molecular flexibility index (Phi) is 2.11. The van der Waals surface area contributed by atoms with Gasteiger partial charge in [0, 0.05) is 25.0 Å². The lowest BCUT2D eigenvalue weighted by molar-refractivity contribution is 0.242. The quantitative estimate of drug-likeness (QED) is 0.830. The second-order valence-electron chi connectivity index (χ2n) is 5.45. The summed E-state index contributed by atoms with van der Waals surface area (Å²) in [6.45, 7) is 8.40. The van der Waals surface area contributed by atoms with Crippen molar-refractivity contribution in [1.29, 1.82) is 0 Å². The summed E-state index contributed by atoms with van der Waals surface area (Å²) in [5.41, 5.74) is 1.25. The average Bonchev–Trinajstić information content (AvgIpc) is 2.61. The Morgan fingerprint density at radius 3 is 2.44 bits per heavy atom. The molecule has 3 rings (SSSR count). The third-order valence-corrected chi connectivity index (χ3v) is 4.17. The van der Waals surface area contributed by atoms with E-state index in [0.29, 0.717) is 35.2 Å². The second kappa shape index (κ2) is 3.29. The third-order valence-electron chi connectivity index (χ3n) is 4.17. The molecular weight excluding hydrogens is 205 g/mol. The summed E-state index contributed by atoms with van der Waals surface area (Å²) < 4.78 is 13.7. The van der Waals surface area contributed by atoms with Crippen LogP contribution in [-0.2, 0) is 0 Å². The van der Waals surface area contributed by atoms with E-state index in [1.54, 1.807) is 6.92 Å². The van der Waals surface area contributed by atoms with Crippen LogP contribution in [0.2, 0.25) is 0 Å². The van der Waals surface area contributed by atoms with Crippen LogP contribution in [0.15, 0.2) is 0 Å². The molecule has 2 fully saturated rings. The molecule has 2 aliphatic rings. The fourth-order valence-electron chi connectivity index (χ4n) is 3.04. The number of likely N-dealkylation sites (tertiary alicyclic amines) is 1. The van der Waals surface area contributed by atoms with Crippen LogP contribution in [0.1, 0.15) is 31.2 Å². The van der Waals surface area contributed by atoms with Gasteiger partial charge in [-0.15, -0.1) is 0 Å². The minimum Gasteiger partial charge on any atom is -0.300 e. The van der Waals surface area contributed by atoms with E-state index in [2.05, 4.69) is 28.9 Å². The number of fused-ring (bicyclic) bond motifs is 1. The maximum absolute atomic E-state index is 13.7. The van der Waals surface area contributed by atoms with E-state index in [4.69, 9.17) is 0 Å². The lowest BCUT2D eigenvalue weighted by Crippen LogP contribution is -2.31. The van der Waals surface area contributed by atoms with Crippen molar-refractivity contribution in [3.63, 3.8) is 0 Å². The zero-order valence-corrected chi connectivity index (χ0v) is 10.00. The smallest absolute Gasteiger partial charge is 0.167 e. The number of nitrogens with zero attached hydrogens (tertiary/aromatic N) is 2. The molecule has 1 aromatic rings. The number of aromatic nitrogens is 2. The molecule has 0 amide bonds. The van der Waals surface area contributed by atoms with Gasteiger partial charge in [-0.25, -0.2) is 4.39 Å². The van der Waals surface area contributed by atoms with Gasteiger partial charge in [-0.3, -0.25) is 5.10 Å². The molecule has 2 unspecified atom stereocenters. The topological polar surface area (TPSA) is 31.9 Å². The van der Waals surface area contributed by atoms with E-state index in [0.717, 1.165) is 13.1 Å². The highest BCUT2D eigenvalue weighted by molar-refractivity contribution is 5.27. The predicted molar refractivity (Wildman–Crippen MR) is 59.7 cm³/mol. The molecule has 0 bridgehead atoms. The normalized spacial score (nSPS) is 33.4. The molecule has 2 atom stereocenters. The Morgan fingerprint density at radius 2 is 2.00 bits per heavy atom. The molecule has 1 N–H and O–H groups in total. The number of piperidine rings is 1. The molecular formula is C12H18FN3. The molecule has 0 aromatic carbocycles. The van der Waals surface area contributed by atoms with Crippen LogP contribution in [0.5, 0.6) is 0 Å². The van der Waals surface area contributed by atoms with Gasteiger partial charge in [0.15, 0.2) is 5.82 Å². The summed E-state index contributed by atoms with van der Waals surface area (Å²) >= 11 is 0. The molecule has 1 aliphatic heterocycles. The Morgan fingerprint density at radius 1 is 1.38 bits per heavy atom. The van der Waals surface area contributed by atoms with Crippen molar-refractivity contribution < 1.29 is 4.39 Å². The summed E-state index contributed by atoms with van der Waals surface area (Å²) in [4.78, 5) is 2.48. The van der Waals surface area contributed by atoms with Gasteiger partial charge in [-0.1, -0.05) is 0 Å². The Labute approximate surface area is 95.0 Å². The number of aryl methyl sites for hydroxylation is 1. The van der Waals surface area contributed by atoms with Crippen molar-refractivity contribution in [3.05, 3.63) is 17.2 Å². The lowest BCUT2D eigenvalue weighted by Gasteiger charge is -2.23. The zero-order valence-electron chi connectivity index (χ0n) is 10.00. The van der Waals surface area contributed by atoms with Crippen LogP contribution in [0.3, 0.4) is 0 Å². The zero-order chi connectivity index (χ0) is 11.4. The summed E-state index contributed by atoms with van der Waals surface area (Å²) in [7, 11) is 0. The second-order valence-corrected chi connectivity index (χ2v) is 5.45. The molecule has 1 aliphatic carbocycles. The van der Waals surface area contributed by atoms with E-state index in [1.165, 1.54) is 0 Å². The van der Waals surface area contributed by atoms with Crippen molar-refractivity contribution in [1.82, 2.24) is 15.1 Å². The van der Waals surface area contributed by atoms with E-state index in [1.807, 2.05) is 0 Å². The number of aromatic amines is 1. The first kappa shape index (κ1) is 10.3. The molecule has 1 saturated heterocycles. The van der Waals surface area contributed by atoms with Crippen LogP contribution in [-0.4, -0.2) is 34.2 Å². The standard InChI is InChI=1S/C12H18FN3/c1-6(2)16-4-8-9(5-16)10(8)12-11(13)7(3)14-15-12/h6,8-10H,4-5H2,1-3H3,(H,14,15). The molecule has 0 radical (unpaired) electrons. The Bertz CT molecular complexity index is 400. The molecule has 16 heavy (non-hydrogen) atoms. The monoisotopic (exact) mass is 223 g/mol. The van der Waals surface area contributed by atoms with Gasteiger partial charge in [0.05, 0.1) is 5.69 Å². The van der Waals surface area contributed by atoms with Gasteiger partial charge in [-0.05, 0) is 32.6 Å². The summed E-state index contributed by atoms with van der Waals surface area (Å²) in [6.07, 6.45) is 0. The number of H-pyrrole nitrogens is 1. The van der Waals surface area contributed by atoms with Crippen molar-refractivity contribution >= 4 is 0 Å².